The lowest BCUT2D eigenvalue weighted by atomic mass is 9.89. The zero-order valence-corrected chi connectivity index (χ0v) is 17.6. The molecule has 0 radical (unpaired) electrons. The molecule has 5 N–H and O–H groups in total. The second-order valence-electron chi connectivity index (χ2n) is 8.29. The summed E-state index contributed by atoms with van der Waals surface area (Å²) in [6, 6.07) is 12.9. The molecule has 6 heteroatoms. The quantitative estimate of drug-likeness (QED) is 0.286. The van der Waals surface area contributed by atoms with E-state index in [1.165, 1.54) is 12.1 Å². The minimum absolute atomic E-state index is 0.0573. The number of carbonyl (C=O) groups is 1. The van der Waals surface area contributed by atoms with Gasteiger partial charge in [-0.3, -0.25) is 4.79 Å². The van der Waals surface area contributed by atoms with E-state index >= 15 is 0 Å². The van der Waals surface area contributed by atoms with Crippen LogP contribution in [0.15, 0.2) is 48.7 Å². The summed E-state index contributed by atoms with van der Waals surface area (Å²) >= 11 is 0. The van der Waals surface area contributed by atoms with Crippen molar-refractivity contribution >= 4 is 27.7 Å². The highest BCUT2D eigenvalue weighted by Gasteiger charge is 2.27. The Hall–Kier alpha value is -3.80. The van der Waals surface area contributed by atoms with E-state index in [0.29, 0.717) is 22.5 Å². The number of fused-ring (bicyclic) bond motifs is 2. The Morgan fingerprint density at radius 3 is 2.55 bits per heavy atom. The van der Waals surface area contributed by atoms with Gasteiger partial charge in [-0.15, -0.1) is 0 Å². The molecule has 156 valence electrons. The molecule has 1 amide bonds. The van der Waals surface area contributed by atoms with Crippen molar-refractivity contribution in [1.82, 2.24) is 15.0 Å². The number of nitrogens with two attached hydrogens (primary N) is 1. The molecule has 31 heavy (non-hydrogen) atoms. The van der Waals surface area contributed by atoms with Crippen molar-refractivity contribution in [3.05, 3.63) is 71.4 Å². The lowest BCUT2D eigenvalue weighted by Crippen LogP contribution is -2.13. The third kappa shape index (κ3) is 2.94. The SMILES string of the molecule is Cc1cc2c(-c3c(C(N)=O)[nH]c(-c4cc(F)cc5[nH]ccc45)c3C(C)C)cccc2[nH]1. The van der Waals surface area contributed by atoms with Crippen molar-refractivity contribution in [2.24, 2.45) is 5.73 Å². The monoisotopic (exact) mass is 414 g/mol. The van der Waals surface area contributed by atoms with Crippen molar-refractivity contribution in [1.29, 1.82) is 0 Å². The van der Waals surface area contributed by atoms with Crippen LogP contribution in [0.3, 0.4) is 0 Å². The molecule has 0 aliphatic rings. The number of H-pyrrole nitrogens is 3. The van der Waals surface area contributed by atoms with Crippen LogP contribution in [0.1, 0.15) is 41.5 Å². The summed E-state index contributed by atoms with van der Waals surface area (Å²) in [6.45, 7) is 6.13. The van der Waals surface area contributed by atoms with Crippen molar-refractivity contribution in [3.63, 3.8) is 0 Å². The number of hydrogen-bond donors (Lipinski definition) is 4. The Bertz CT molecular complexity index is 1470. The molecule has 0 unspecified atom stereocenters. The van der Waals surface area contributed by atoms with E-state index in [1.807, 2.05) is 31.2 Å². The fourth-order valence-electron chi connectivity index (χ4n) is 4.62. The van der Waals surface area contributed by atoms with Gasteiger partial charge in [-0.1, -0.05) is 26.0 Å². The predicted molar refractivity (Wildman–Crippen MR) is 123 cm³/mol. The first kappa shape index (κ1) is 19.2. The first-order chi connectivity index (χ1) is 14.8. The second kappa shape index (κ2) is 6.87. The molecule has 5 nitrogen and oxygen atoms in total. The first-order valence-corrected chi connectivity index (χ1v) is 10.3. The highest BCUT2D eigenvalue weighted by atomic mass is 19.1. The molecule has 0 saturated heterocycles. The summed E-state index contributed by atoms with van der Waals surface area (Å²) in [5.41, 5.74) is 12.9. The number of aromatic amines is 3. The Labute approximate surface area is 178 Å². The van der Waals surface area contributed by atoms with Crippen LogP contribution in [-0.4, -0.2) is 20.9 Å². The third-order valence-corrected chi connectivity index (χ3v) is 5.83. The maximum atomic E-state index is 14.5. The number of benzene rings is 2. The fraction of sp³-hybridized carbons (Fsp3) is 0.160. The van der Waals surface area contributed by atoms with Crippen LogP contribution < -0.4 is 5.73 Å². The minimum Gasteiger partial charge on any atom is -0.364 e. The van der Waals surface area contributed by atoms with E-state index in [4.69, 9.17) is 5.73 Å². The van der Waals surface area contributed by atoms with Gasteiger partial charge in [0.1, 0.15) is 11.5 Å². The maximum absolute atomic E-state index is 14.5. The number of halogens is 1. The van der Waals surface area contributed by atoms with Crippen molar-refractivity contribution in [2.45, 2.75) is 26.7 Å². The standard InChI is InChI=1S/C25H23FN4O/c1-12(2)21-22(16-5-4-6-19-17(16)9-13(3)29-19)24(25(27)31)30-23(21)18-10-14(26)11-20-15(18)7-8-28-20/h4-12,28-30H,1-3H3,(H2,27,31). The number of primary amides is 1. The number of amides is 1. The summed E-state index contributed by atoms with van der Waals surface area (Å²) in [6.07, 6.45) is 1.78. The number of aromatic nitrogens is 3. The number of hydrogen-bond acceptors (Lipinski definition) is 1. The normalized spacial score (nSPS) is 11.8. The van der Waals surface area contributed by atoms with Crippen LogP contribution in [0, 0.1) is 12.7 Å². The van der Waals surface area contributed by atoms with E-state index in [9.17, 15) is 9.18 Å². The lowest BCUT2D eigenvalue weighted by molar-refractivity contribution is 0.0997. The molecule has 2 aromatic carbocycles. The number of nitrogens with one attached hydrogen (secondary N) is 3. The number of aryl methyl sites for hydroxylation is 1. The molecule has 3 aromatic heterocycles. The molecule has 0 saturated carbocycles. The van der Waals surface area contributed by atoms with Crippen molar-refractivity contribution in [3.8, 4) is 22.4 Å². The van der Waals surface area contributed by atoms with Gasteiger partial charge in [0.15, 0.2) is 0 Å². The average Bonchev–Trinajstić information content (AvgIpc) is 3.41. The summed E-state index contributed by atoms with van der Waals surface area (Å²) in [5, 5.41) is 1.89. The maximum Gasteiger partial charge on any atom is 0.265 e. The largest absolute Gasteiger partial charge is 0.364 e. The average molecular weight is 414 g/mol. The minimum atomic E-state index is -0.547. The lowest BCUT2D eigenvalue weighted by Gasteiger charge is -2.13. The molecule has 0 spiro atoms. The van der Waals surface area contributed by atoms with Gasteiger partial charge in [-0.2, -0.15) is 0 Å². The molecule has 0 bridgehead atoms. The van der Waals surface area contributed by atoms with Gasteiger partial charge in [-0.05, 0) is 54.3 Å². The summed E-state index contributed by atoms with van der Waals surface area (Å²) in [7, 11) is 0. The summed E-state index contributed by atoms with van der Waals surface area (Å²) < 4.78 is 14.5. The molecular formula is C25H23FN4O. The van der Waals surface area contributed by atoms with E-state index in [-0.39, 0.29) is 11.7 Å². The van der Waals surface area contributed by atoms with Gasteiger partial charge in [0.25, 0.3) is 5.91 Å². The van der Waals surface area contributed by atoms with Crippen LogP contribution >= 0.6 is 0 Å². The van der Waals surface area contributed by atoms with Crippen LogP contribution in [-0.2, 0) is 0 Å². The van der Waals surface area contributed by atoms with Crippen molar-refractivity contribution < 1.29 is 9.18 Å². The molecule has 0 atom stereocenters. The Morgan fingerprint density at radius 1 is 1.00 bits per heavy atom. The van der Waals surface area contributed by atoms with Gasteiger partial charge in [-0.25, -0.2) is 4.39 Å². The van der Waals surface area contributed by atoms with Crippen molar-refractivity contribution in [2.75, 3.05) is 0 Å². The van der Waals surface area contributed by atoms with Gasteiger partial charge >= 0.3 is 0 Å². The first-order valence-electron chi connectivity index (χ1n) is 10.3. The second-order valence-corrected chi connectivity index (χ2v) is 8.29. The molecule has 3 heterocycles. The van der Waals surface area contributed by atoms with Gasteiger partial charge in [0, 0.05) is 44.8 Å². The molecule has 0 aliphatic heterocycles. The topological polar surface area (TPSA) is 90.5 Å². The van der Waals surface area contributed by atoms with Crippen LogP contribution in [0.5, 0.6) is 0 Å². The van der Waals surface area contributed by atoms with E-state index < -0.39 is 5.91 Å². The fourth-order valence-corrected chi connectivity index (χ4v) is 4.62. The Kier molecular flexibility index (Phi) is 4.25. The van der Waals surface area contributed by atoms with Crippen LogP contribution in [0.2, 0.25) is 0 Å². The Balaban J connectivity index is 1.91. The molecular weight excluding hydrogens is 391 g/mol. The highest BCUT2D eigenvalue weighted by Crippen LogP contribution is 2.44. The number of carbonyl (C=O) groups excluding carboxylic acids is 1. The third-order valence-electron chi connectivity index (χ3n) is 5.83. The smallest absolute Gasteiger partial charge is 0.265 e. The predicted octanol–water partition coefficient (Wildman–Crippen LogP) is 5.98. The van der Waals surface area contributed by atoms with Gasteiger partial charge in [0.2, 0.25) is 0 Å². The highest BCUT2D eigenvalue weighted by molar-refractivity contribution is 6.08. The van der Waals surface area contributed by atoms with Gasteiger partial charge in [0.05, 0.1) is 5.69 Å². The van der Waals surface area contributed by atoms with Gasteiger partial charge < -0.3 is 20.7 Å². The zero-order chi connectivity index (χ0) is 21.9. The van der Waals surface area contributed by atoms with E-state index in [0.717, 1.165) is 38.7 Å². The van der Waals surface area contributed by atoms with E-state index in [1.54, 1.807) is 6.20 Å². The molecule has 5 rings (SSSR count). The number of rotatable bonds is 4. The molecule has 5 aromatic rings. The van der Waals surface area contributed by atoms with Crippen LogP contribution in [0.25, 0.3) is 44.2 Å². The van der Waals surface area contributed by atoms with E-state index in [2.05, 4.69) is 34.9 Å². The summed E-state index contributed by atoms with van der Waals surface area (Å²) in [5.74, 6) is -0.837. The summed E-state index contributed by atoms with van der Waals surface area (Å²) in [4.78, 5) is 22.2. The zero-order valence-electron chi connectivity index (χ0n) is 17.6. The van der Waals surface area contributed by atoms with Crippen LogP contribution in [0.4, 0.5) is 4.39 Å². The molecule has 0 aliphatic carbocycles. The molecule has 0 fully saturated rings. The Morgan fingerprint density at radius 2 is 1.81 bits per heavy atom.